The zero-order valence-corrected chi connectivity index (χ0v) is 21.0. The molecule has 0 bridgehead atoms. The molecule has 0 spiro atoms. The second-order valence-corrected chi connectivity index (χ2v) is 9.84. The Hall–Kier alpha value is -5.28. The van der Waals surface area contributed by atoms with E-state index in [1.165, 1.54) is 10.8 Å². The molecule has 0 aliphatic rings. The lowest BCUT2D eigenvalue weighted by Crippen LogP contribution is -1.96. The Bertz CT molecular complexity index is 2180. The summed E-state index contributed by atoms with van der Waals surface area (Å²) in [6.45, 7) is 0. The summed E-state index contributed by atoms with van der Waals surface area (Å²) >= 11 is 0. The molecule has 0 unspecified atom stereocenters. The maximum atomic E-state index is 6.37. The number of hydrogen-bond donors (Lipinski definition) is 0. The number of nitrogens with zero attached hydrogens (tertiary/aromatic N) is 2. The summed E-state index contributed by atoms with van der Waals surface area (Å²) < 4.78 is 6.37. The van der Waals surface area contributed by atoms with Gasteiger partial charge in [-0.05, 0) is 52.2 Å². The van der Waals surface area contributed by atoms with Crippen LogP contribution in [-0.4, -0.2) is 9.97 Å². The molecule has 2 heterocycles. The van der Waals surface area contributed by atoms with Crippen LogP contribution >= 0.6 is 0 Å². The van der Waals surface area contributed by atoms with Crippen molar-refractivity contribution < 1.29 is 4.42 Å². The van der Waals surface area contributed by atoms with Gasteiger partial charge >= 0.3 is 0 Å². The minimum absolute atomic E-state index is 0.677. The third kappa shape index (κ3) is 3.59. The van der Waals surface area contributed by atoms with E-state index >= 15 is 0 Å². The molecule has 6 aromatic carbocycles. The fraction of sp³-hybridized carbons (Fsp3) is 0. The molecule has 0 atom stereocenters. The van der Waals surface area contributed by atoms with E-state index in [4.69, 9.17) is 14.4 Å². The van der Waals surface area contributed by atoms with Crippen LogP contribution in [-0.2, 0) is 0 Å². The molecule has 0 aliphatic heterocycles. The predicted octanol–water partition coefficient (Wildman–Crippen LogP) is 9.68. The quantitative estimate of drug-likeness (QED) is 0.243. The third-order valence-electron chi connectivity index (χ3n) is 7.45. The molecule has 0 saturated carbocycles. The van der Waals surface area contributed by atoms with Gasteiger partial charge in [0.15, 0.2) is 5.82 Å². The number of para-hydroxylation sites is 2. The second-order valence-electron chi connectivity index (χ2n) is 9.84. The van der Waals surface area contributed by atoms with Gasteiger partial charge in [0.2, 0.25) is 0 Å². The topological polar surface area (TPSA) is 38.9 Å². The van der Waals surface area contributed by atoms with E-state index in [2.05, 4.69) is 103 Å². The molecule has 0 radical (unpaired) electrons. The van der Waals surface area contributed by atoms with Crippen LogP contribution in [0, 0.1) is 0 Å². The van der Waals surface area contributed by atoms with Crippen molar-refractivity contribution in [1.29, 1.82) is 0 Å². The summed E-state index contributed by atoms with van der Waals surface area (Å²) in [5.74, 6) is 0.677. The van der Waals surface area contributed by atoms with Crippen LogP contribution in [0.4, 0.5) is 0 Å². The lowest BCUT2D eigenvalue weighted by Gasteiger charge is -2.12. The van der Waals surface area contributed by atoms with E-state index in [1.54, 1.807) is 0 Å². The molecule has 0 aliphatic carbocycles. The number of hydrogen-bond acceptors (Lipinski definition) is 3. The molecule has 39 heavy (non-hydrogen) atoms. The Kier molecular flexibility index (Phi) is 4.82. The molecule has 0 amide bonds. The van der Waals surface area contributed by atoms with Crippen molar-refractivity contribution in [3.63, 3.8) is 0 Å². The van der Waals surface area contributed by atoms with E-state index in [1.807, 2.05) is 30.3 Å². The lowest BCUT2D eigenvalue weighted by molar-refractivity contribution is 0.669. The van der Waals surface area contributed by atoms with Gasteiger partial charge in [-0.25, -0.2) is 9.97 Å². The fourth-order valence-electron chi connectivity index (χ4n) is 5.59. The summed E-state index contributed by atoms with van der Waals surface area (Å²) in [6.07, 6.45) is 0. The van der Waals surface area contributed by atoms with Crippen LogP contribution in [0.1, 0.15) is 0 Å². The molecule has 0 saturated heterocycles. The predicted molar refractivity (Wildman–Crippen MR) is 161 cm³/mol. The zero-order valence-electron chi connectivity index (χ0n) is 21.0. The molecular weight excluding hydrogens is 476 g/mol. The highest BCUT2D eigenvalue weighted by molar-refractivity contribution is 6.13. The SMILES string of the molecule is c1ccc(-c2cc(-c3nc(-c4ccc5ccccc5c4)c4ccccc4n3)cc3oc4ccccc4c23)cc1. The summed E-state index contributed by atoms with van der Waals surface area (Å²) in [7, 11) is 0. The van der Waals surface area contributed by atoms with Gasteiger partial charge in [0.1, 0.15) is 11.2 Å². The van der Waals surface area contributed by atoms with Crippen LogP contribution in [0.25, 0.3) is 77.4 Å². The van der Waals surface area contributed by atoms with Crippen molar-refractivity contribution in [2.24, 2.45) is 0 Å². The number of fused-ring (bicyclic) bond motifs is 5. The fourth-order valence-corrected chi connectivity index (χ4v) is 5.59. The highest BCUT2D eigenvalue weighted by Crippen LogP contribution is 2.40. The largest absolute Gasteiger partial charge is 0.456 e. The Morgan fingerprint density at radius 1 is 0.462 bits per heavy atom. The van der Waals surface area contributed by atoms with Crippen molar-refractivity contribution in [1.82, 2.24) is 9.97 Å². The van der Waals surface area contributed by atoms with Gasteiger partial charge in [0, 0.05) is 27.3 Å². The molecule has 8 rings (SSSR count). The number of rotatable bonds is 3. The van der Waals surface area contributed by atoms with Gasteiger partial charge in [-0.15, -0.1) is 0 Å². The van der Waals surface area contributed by atoms with Crippen LogP contribution in [0.2, 0.25) is 0 Å². The molecular formula is C36H22N2O. The number of furan rings is 1. The first-order chi connectivity index (χ1) is 19.3. The Balaban J connectivity index is 1.41. The average molecular weight is 499 g/mol. The number of aromatic nitrogens is 2. The van der Waals surface area contributed by atoms with Crippen LogP contribution in [0.5, 0.6) is 0 Å². The lowest BCUT2D eigenvalue weighted by atomic mass is 9.96. The molecule has 3 nitrogen and oxygen atoms in total. The standard InChI is InChI=1S/C36H22N2O/c1-2-11-24(12-3-1)30-21-27(22-33-34(30)29-15-7-9-17-32(29)39-33)36-37-31-16-8-6-14-28(31)35(38-36)26-19-18-23-10-4-5-13-25(23)20-26/h1-22H. The van der Waals surface area contributed by atoms with Crippen molar-refractivity contribution in [3.05, 3.63) is 133 Å². The van der Waals surface area contributed by atoms with Crippen molar-refractivity contribution in [3.8, 4) is 33.8 Å². The Morgan fingerprint density at radius 3 is 2.10 bits per heavy atom. The van der Waals surface area contributed by atoms with Crippen LogP contribution < -0.4 is 0 Å². The molecule has 2 aromatic heterocycles. The minimum Gasteiger partial charge on any atom is -0.456 e. The monoisotopic (exact) mass is 498 g/mol. The van der Waals surface area contributed by atoms with Crippen molar-refractivity contribution >= 4 is 43.6 Å². The van der Waals surface area contributed by atoms with E-state index in [0.717, 1.165) is 60.8 Å². The smallest absolute Gasteiger partial charge is 0.160 e. The molecule has 3 heteroatoms. The van der Waals surface area contributed by atoms with Gasteiger partial charge in [-0.2, -0.15) is 0 Å². The first-order valence-electron chi connectivity index (χ1n) is 13.1. The highest BCUT2D eigenvalue weighted by Gasteiger charge is 2.18. The third-order valence-corrected chi connectivity index (χ3v) is 7.45. The first kappa shape index (κ1) is 21.8. The maximum Gasteiger partial charge on any atom is 0.160 e. The molecule has 182 valence electrons. The summed E-state index contributed by atoms with van der Waals surface area (Å²) in [4.78, 5) is 10.2. The second kappa shape index (κ2) is 8.64. The number of benzene rings is 6. The van der Waals surface area contributed by atoms with Gasteiger partial charge in [-0.3, -0.25) is 0 Å². The maximum absolute atomic E-state index is 6.37. The summed E-state index contributed by atoms with van der Waals surface area (Å²) in [5, 5.41) is 5.65. The normalized spacial score (nSPS) is 11.6. The molecule has 8 aromatic rings. The van der Waals surface area contributed by atoms with E-state index in [0.29, 0.717) is 5.82 Å². The highest BCUT2D eigenvalue weighted by atomic mass is 16.3. The summed E-state index contributed by atoms with van der Waals surface area (Å²) in [6, 6.07) is 46.1. The van der Waals surface area contributed by atoms with Crippen molar-refractivity contribution in [2.45, 2.75) is 0 Å². The van der Waals surface area contributed by atoms with Gasteiger partial charge in [-0.1, -0.05) is 103 Å². The van der Waals surface area contributed by atoms with E-state index < -0.39 is 0 Å². The Morgan fingerprint density at radius 2 is 1.21 bits per heavy atom. The molecule has 0 N–H and O–H groups in total. The van der Waals surface area contributed by atoms with Gasteiger partial charge in [0.25, 0.3) is 0 Å². The molecule has 0 fully saturated rings. The average Bonchev–Trinajstić information content (AvgIpc) is 3.39. The van der Waals surface area contributed by atoms with E-state index in [-0.39, 0.29) is 0 Å². The van der Waals surface area contributed by atoms with Crippen LogP contribution in [0.3, 0.4) is 0 Å². The van der Waals surface area contributed by atoms with Crippen molar-refractivity contribution in [2.75, 3.05) is 0 Å². The zero-order chi connectivity index (χ0) is 25.8. The van der Waals surface area contributed by atoms with Gasteiger partial charge in [0.05, 0.1) is 11.2 Å². The van der Waals surface area contributed by atoms with Gasteiger partial charge < -0.3 is 4.42 Å². The first-order valence-corrected chi connectivity index (χ1v) is 13.1. The minimum atomic E-state index is 0.677. The Labute approximate surface area is 225 Å². The van der Waals surface area contributed by atoms with Crippen LogP contribution in [0.15, 0.2) is 138 Å². The summed E-state index contributed by atoms with van der Waals surface area (Å²) in [5.41, 5.74) is 7.77. The van der Waals surface area contributed by atoms with E-state index in [9.17, 15) is 0 Å².